The molecule has 2 aliphatic heterocycles. The van der Waals surface area contributed by atoms with Crippen molar-refractivity contribution in [2.75, 3.05) is 13.2 Å². The monoisotopic (exact) mass is 756 g/mol. The quantitative estimate of drug-likeness (QED) is 0.108. The number of hydrogen-bond acceptors (Lipinski definition) is 4. The van der Waals surface area contributed by atoms with Crippen LogP contribution >= 0.6 is 0 Å². The van der Waals surface area contributed by atoms with Gasteiger partial charge >= 0.3 is 0 Å². The molecule has 0 fully saturated rings. The average molecular weight is 757 g/mol. The SMILES string of the molecule is CC(OCCc1cc(F)cc(F)c1)c1cc2cc3[nH]c(cc4nc(cc5nc(cc1[nH]2)C=C5)C=C4)cc3C(C)OCCc1cc(F)cc(F)c1.[K].[K]. The number of benzene rings is 2. The first kappa shape index (κ1) is 41.1. The van der Waals surface area contributed by atoms with E-state index in [9.17, 15) is 17.6 Å². The van der Waals surface area contributed by atoms with Gasteiger partial charge in [0.05, 0.1) is 48.2 Å². The first-order chi connectivity index (χ1) is 24.1. The Morgan fingerprint density at radius 2 is 0.885 bits per heavy atom. The van der Waals surface area contributed by atoms with Gasteiger partial charge in [-0.3, -0.25) is 0 Å². The van der Waals surface area contributed by atoms with Crippen LogP contribution < -0.4 is 0 Å². The smallest absolute Gasteiger partial charge is 0.126 e. The zero-order valence-corrected chi connectivity index (χ0v) is 35.7. The van der Waals surface area contributed by atoms with Gasteiger partial charge in [0, 0.05) is 148 Å². The third-order valence-corrected chi connectivity index (χ3v) is 8.60. The second kappa shape index (κ2) is 18.5. The fourth-order valence-corrected chi connectivity index (χ4v) is 6.21. The van der Waals surface area contributed by atoms with Crippen LogP contribution in [-0.4, -0.2) is 136 Å². The van der Waals surface area contributed by atoms with E-state index in [1.807, 2.05) is 74.5 Å². The van der Waals surface area contributed by atoms with Gasteiger partial charge in [-0.15, -0.1) is 0 Å². The van der Waals surface area contributed by atoms with E-state index in [1.54, 1.807) is 0 Å². The molecule has 5 heterocycles. The van der Waals surface area contributed by atoms with E-state index in [2.05, 4.69) is 9.97 Å². The fraction of sp³-hybridized carbons (Fsp3) is 0.200. The van der Waals surface area contributed by atoms with Gasteiger partial charge in [-0.05, 0) is 123 Å². The molecule has 2 unspecified atom stereocenters. The maximum absolute atomic E-state index is 13.7. The molecule has 2 aliphatic rings. The molecule has 5 aromatic rings. The van der Waals surface area contributed by atoms with Gasteiger partial charge in [0.2, 0.25) is 0 Å². The second-order valence-corrected chi connectivity index (χ2v) is 12.4. The predicted octanol–water partition coefficient (Wildman–Crippen LogP) is 9.09. The zero-order valence-electron chi connectivity index (χ0n) is 29.4. The normalized spacial score (nSPS) is 13.0. The van der Waals surface area contributed by atoms with E-state index in [0.29, 0.717) is 24.0 Å². The van der Waals surface area contributed by atoms with Crippen molar-refractivity contribution in [2.24, 2.45) is 0 Å². The standard InChI is InChI=1S/C40H34F4N4O2.2K/c1-23(49-9-7-25-11-27(41)15-28(42)12-25)37-19-35-18-33-4-3-31(45-33)17-32-5-6-34(46-32)21-39-38(20-36(48-39)22-40(37)47-35)24(2)50-10-8-26-13-29(43)16-30(44)14-26;;/h3-6,11-24,47-48H,7-10H2,1-2H3;;. The Hall–Kier alpha value is -2.05. The molecular weight excluding hydrogens is 723 g/mol. The van der Waals surface area contributed by atoms with Gasteiger partial charge in [0.1, 0.15) is 23.3 Å². The Morgan fingerprint density at radius 1 is 0.500 bits per heavy atom. The molecule has 0 saturated carbocycles. The van der Waals surface area contributed by atoms with Crippen molar-refractivity contribution < 1.29 is 27.0 Å². The molecule has 8 bridgehead atoms. The average Bonchev–Trinajstić information content (AvgIpc) is 3.85. The number of fused-ring (bicyclic) bond motifs is 8. The van der Waals surface area contributed by atoms with E-state index >= 15 is 0 Å². The second-order valence-electron chi connectivity index (χ2n) is 12.4. The Labute approximate surface area is 384 Å². The number of halogens is 4. The van der Waals surface area contributed by atoms with Gasteiger partial charge in [-0.1, -0.05) is 0 Å². The third kappa shape index (κ3) is 10.6. The number of hydrogen-bond donors (Lipinski definition) is 2. The molecule has 52 heavy (non-hydrogen) atoms. The topological polar surface area (TPSA) is 75.8 Å². The zero-order chi connectivity index (χ0) is 34.8. The molecule has 0 amide bonds. The molecule has 6 nitrogen and oxygen atoms in total. The summed E-state index contributed by atoms with van der Waals surface area (Å²) in [6.07, 6.45) is 7.71. The Kier molecular flexibility index (Phi) is 14.6. The van der Waals surface area contributed by atoms with Crippen molar-refractivity contribution in [2.45, 2.75) is 38.9 Å². The summed E-state index contributed by atoms with van der Waals surface area (Å²) in [7, 11) is 0. The van der Waals surface area contributed by atoms with Crippen LogP contribution in [0.3, 0.4) is 0 Å². The number of H-pyrrole nitrogens is 2. The predicted molar refractivity (Wildman–Crippen MR) is 199 cm³/mol. The van der Waals surface area contributed by atoms with Crippen LogP contribution in [0.1, 0.15) is 71.1 Å². The maximum Gasteiger partial charge on any atom is 0.126 e. The van der Waals surface area contributed by atoms with Crippen LogP contribution in [-0.2, 0) is 22.3 Å². The molecule has 0 saturated heterocycles. The van der Waals surface area contributed by atoms with Crippen LogP contribution in [0.5, 0.6) is 0 Å². The van der Waals surface area contributed by atoms with Gasteiger partial charge in [0.25, 0.3) is 0 Å². The van der Waals surface area contributed by atoms with E-state index in [1.165, 1.54) is 24.3 Å². The summed E-state index contributed by atoms with van der Waals surface area (Å²) in [5.41, 5.74) is 9.12. The van der Waals surface area contributed by atoms with Crippen LogP contribution in [0.2, 0.25) is 0 Å². The summed E-state index contributed by atoms with van der Waals surface area (Å²) >= 11 is 0. The number of nitrogens with zero attached hydrogens (tertiary/aromatic N) is 2. The Balaban J connectivity index is 0.00000261. The van der Waals surface area contributed by atoms with E-state index < -0.39 is 23.3 Å². The summed E-state index contributed by atoms with van der Waals surface area (Å²) in [6, 6.07) is 18.8. The summed E-state index contributed by atoms with van der Waals surface area (Å²) in [4.78, 5) is 16.5. The molecule has 7 rings (SSSR count). The number of aromatic nitrogens is 4. The molecule has 256 valence electrons. The molecule has 3 aromatic heterocycles. The summed E-state index contributed by atoms with van der Waals surface area (Å²) in [5.74, 6) is -2.48. The fourth-order valence-electron chi connectivity index (χ4n) is 6.21. The minimum absolute atomic E-state index is 0. The van der Waals surface area contributed by atoms with Crippen LogP contribution in [0.4, 0.5) is 17.6 Å². The van der Waals surface area contributed by atoms with Gasteiger partial charge in [-0.2, -0.15) is 0 Å². The molecule has 12 heteroatoms. The molecule has 0 spiro atoms. The number of ether oxygens (including phenoxy) is 2. The maximum atomic E-state index is 13.7. The van der Waals surface area contributed by atoms with Crippen LogP contribution in [0, 0.1) is 23.3 Å². The van der Waals surface area contributed by atoms with Crippen molar-refractivity contribution in [3.05, 3.63) is 141 Å². The van der Waals surface area contributed by atoms with E-state index in [4.69, 9.17) is 19.4 Å². The number of nitrogens with one attached hydrogen (secondary N) is 2. The van der Waals surface area contributed by atoms with Crippen molar-refractivity contribution in [3.63, 3.8) is 0 Å². The van der Waals surface area contributed by atoms with Gasteiger partial charge < -0.3 is 19.4 Å². The number of rotatable bonds is 10. The molecule has 2 atom stereocenters. The van der Waals surface area contributed by atoms with E-state index in [0.717, 1.165) is 68.1 Å². The largest absolute Gasteiger partial charge is 0.373 e. The summed E-state index contributed by atoms with van der Waals surface area (Å²) in [5, 5.41) is 0. The van der Waals surface area contributed by atoms with E-state index in [-0.39, 0.29) is 128 Å². The van der Waals surface area contributed by atoms with Crippen molar-refractivity contribution in [1.82, 2.24) is 19.9 Å². The summed E-state index contributed by atoms with van der Waals surface area (Å²) < 4.78 is 67.3. The Morgan fingerprint density at radius 3 is 1.35 bits per heavy atom. The van der Waals surface area contributed by atoms with Gasteiger partial charge in [-0.25, -0.2) is 27.5 Å². The van der Waals surface area contributed by atoms with Crippen molar-refractivity contribution >= 4 is 149 Å². The minimum atomic E-state index is -0.620. The number of aromatic amines is 2. The Bertz CT molecular complexity index is 2260. The van der Waals surface area contributed by atoms with Gasteiger partial charge in [0.15, 0.2) is 0 Å². The van der Waals surface area contributed by atoms with Crippen molar-refractivity contribution in [1.29, 1.82) is 0 Å². The molecular formula is C40H34F4K2N4O2. The first-order valence-corrected chi connectivity index (χ1v) is 16.4. The van der Waals surface area contributed by atoms with Crippen LogP contribution in [0.25, 0.3) is 46.4 Å². The summed E-state index contributed by atoms with van der Waals surface area (Å²) in [6.45, 7) is 4.38. The minimum Gasteiger partial charge on any atom is -0.373 e. The van der Waals surface area contributed by atoms with Crippen LogP contribution in [0.15, 0.2) is 72.8 Å². The van der Waals surface area contributed by atoms with Crippen molar-refractivity contribution in [3.8, 4) is 0 Å². The molecule has 2 aromatic carbocycles. The third-order valence-electron chi connectivity index (χ3n) is 8.60. The first-order valence-electron chi connectivity index (χ1n) is 16.4. The molecule has 2 N–H and O–H groups in total. The molecule has 0 aliphatic carbocycles. The molecule has 2 radical (unpaired) electrons.